The van der Waals surface area contributed by atoms with Crippen LogP contribution in [0.5, 0.6) is 0 Å². The molecule has 0 amide bonds. The molecule has 0 rings (SSSR count). The maximum absolute atomic E-state index is 7.32. The van der Waals surface area contributed by atoms with Crippen LogP contribution >= 0.6 is 0 Å². The zero-order chi connectivity index (χ0) is 39.3. The molecule has 0 fully saturated rings. The van der Waals surface area contributed by atoms with Crippen molar-refractivity contribution in [2.24, 2.45) is 0 Å². The van der Waals surface area contributed by atoms with Crippen LogP contribution in [-0.2, 0) is 22.1 Å². The van der Waals surface area contributed by atoms with Crippen molar-refractivity contribution in [2.45, 2.75) is 291 Å². The third kappa shape index (κ3) is 42.8. The molecular weight excluding hydrogens is 728 g/mol. The van der Waals surface area contributed by atoms with Crippen molar-refractivity contribution >= 4 is 0 Å². The topological polar surface area (TPSA) is 15.7 Å². The van der Waals surface area contributed by atoms with Crippen LogP contribution in [0, 0.1) is 0 Å². The number of halogens is 1. The molecule has 0 bridgehead atoms. The van der Waals surface area contributed by atoms with E-state index in [0.717, 1.165) is 6.61 Å². The van der Waals surface area contributed by atoms with Gasteiger partial charge in [0.1, 0.15) is 0 Å². The molecule has 5 heteroatoms. The Morgan fingerprint density at radius 1 is 0.255 bits per heavy atom. The summed E-state index contributed by atoms with van der Waals surface area (Å²) in [6.07, 6.45) is 56.5. The molecule has 0 spiro atoms. The quantitative estimate of drug-likeness (QED) is 0.0449. The van der Waals surface area contributed by atoms with Gasteiger partial charge in [-0.05, 0) is 0 Å². The predicted molar refractivity (Wildman–Crippen MR) is 242 cm³/mol. The SMILES string of the molecule is CCCCCCCCCC[O][Ti+]([N](CCCCCCCCCC)CCCCCCCCCC)[N](CCCCCCCCCC)CCCCCCCCCC.[Cl-]. The van der Waals surface area contributed by atoms with Gasteiger partial charge >= 0.3 is 353 Å². The Morgan fingerprint density at radius 2 is 0.436 bits per heavy atom. The number of nitrogens with zero attached hydrogens (tertiary/aromatic N) is 2. The monoisotopic (exact) mass is 833 g/mol. The molecule has 0 unspecified atom stereocenters. The van der Waals surface area contributed by atoms with Gasteiger partial charge in [-0.1, -0.05) is 0 Å². The van der Waals surface area contributed by atoms with Gasteiger partial charge in [-0.15, -0.1) is 0 Å². The van der Waals surface area contributed by atoms with Crippen LogP contribution in [0.25, 0.3) is 0 Å². The van der Waals surface area contributed by atoms with Gasteiger partial charge in [0.25, 0.3) is 0 Å². The number of unbranched alkanes of at least 4 members (excludes halogenated alkanes) is 35. The minimum atomic E-state index is -2.04. The van der Waals surface area contributed by atoms with E-state index in [2.05, 4.69) is 41.4 Å². The molecule has 0 aliphatic rings. The first kappa shape index (κ1) is 58.0. The molecule has 332 valence electrons. The summed E-state index contributed by atoms with van der Waals surface area (Å²) in [6.45, 7) is 17.9. The van der Waals surface area contributed by atoms with Crippen molar-refractivity contribution in [1.82, 2.24) is 6.76 Å². The van der Waals surface area contributed by atoms with Gasteiger partial charge in [-0.2, -0.15) is 0 Å². The van der Waals surface area contributed by atoms with Crippen LogP contribution in [0.1, 0.15) is 291 Å². The smallest absolute Gasteiger partial charge is 1.00 e. The second-order valence-corrected chi connectivity index (χ2v) is 20.8. The third-order valence-electron chi connectivity index (χ3n) is 11.9. The van der Waals surface area contributed by atoms with Crippen molar-refractivity contribution in [3.8, 4) is 0 Å². The van der Waals surface area contributed by atoms with E-state index in [-0.39, 0.29) is 12.4 Å². The minimum absolute atomic E-state index is 0. The van der Waals surface area contributed by atoms with Gasteiger partial charge in [0.05, 0.1) is 0 Å². The standard InChI is InChI=1S/2C20H42N.C10H21O.ClH.Ti/c2*1-3-5-7-9-11-13-15-17-19-21-20-18-16-14-12-10-8-6-4-2;1-2-3-4-5-6-7-8-9-10-11;;/h2*3-20H2,1-2H3;2-10H2,1H3;1H;/q3*-1;;+4/p-1. The van der Waals surface area contributed by atoms with Gasteiger partial charge < -0.3 is 12.4 Å². The van der Waals surface area contributed by atoms with Crippen LogP contribution in [-0.4, -0.2) is 39.5 Å². The molecular formula is C50H105ClN2OTi. The molecule has 0 aromatic carbocycles. The Kier molecular flexibility index (Phi) is 53.8. The van der Waals surface area contributed by atoms with Crippen molar-refractivity contribution in [3.05, 3.63) is 0 Å². The fraction of sp³-hybridized carbons (Fsp3) is 1.00. The molecule has 0 aliphatic carbocycles. The Bertz CT molecular complexity index is 586. The van der Waals surface area contributed by atoms with E-state index in [9.17, 15) is 0 Å². The molecule has 0 saturated heterocycles. The van der Waals surface area contributed by atoms with Gasteiger partial charge in [0.15, 0.2) is 0 Å². The molecule has 0 N–H and O–H groups in total. The summed E-state index contributed by atoms with van der Waals surface area (Å²) in [5, 5.41) is 0. The second-order valence-electron chi connectivity index (χ2n) is 17.5. The van der Waals surface area contributed by atoms with Crippen LogP contribution in [0.4, 0.5) is 0 Å². The van der Waals surface area contributed by atoms with Crippen LogP contribution in [0.2, 0.25) is 0 Å². The van der Waals surface area contributed by atoms with Crippen LogP contribution in [0.15, 0.2) is 0 Å². The fourth-order valence-corrected chi connectivity index (χ4v) is 12.0. The number of rotatable bonds is 48. The van der Waals surface area contributed by atoms with E-state index in [4.69, 9.17) is 3.32 Å². The summed E-state index contributed by atoms with van der Waals surface area (Å²) in [4.78, 5) is 0. The van der Waals surface area contributed by atoms with E-state index in [1.54, 1.807) is 0 Å². The molecule has 55 heavy (non-hydrogen) atoms. The Hall–Kier alpha value is 0.884. The zero-order valence-electron chi connectivity index (χ0n) is 39.0. The first-order chi connectivity index (χ1) is 26.7. The summed E-state index contributed by atoms with van der Waals surface area (Å²) in [6, 6.07) is 0. The Balaban J connectivity index is 0. The zero-order valence-corrected chi connectivity index (χ0v) is 41.3. The van der Waals surface area contributed by atoms with Crippen molar-refractivity contribution in [2.75, 3.05) is 32.8 Å². The van der Waals surface area contributed by atoms with E-state index < -0.39 is 18.8 Å². The number of hydrogen-bond acceptors (Lipinski definition) is 3. The number of hydrogen-bond donors (Lipinski definition) is 0. The summed E-state index contributed by atoms with van der Waals surface area (Å²) >= 11 is -2.04. The van der Waals surface area contributed by atoms with Crippen LogP contribution < -0.4 is 12.4 Å². The Labute approximate surface area is 363 Å². The van der Waals surface area contributed by atoms with E-state index >= 15 is 0 Å². The van der Waals surface area contributed by atoms with Crippen molar-refractivity contribution in [1.29, 1.82) is 0 Å². The van der Waals surface area contributed by atoms with E-state index in [0.29, 0.717) is 0 Å². The summed E-state index contributed by atoms with van der Waals surface area (Å²) in [5.74, 6) is 0. The van der Waals surface area contributed by atoms with Crippen molar-refractivity contribution < 1.29 is 34.5 Å². The summed E-state index contributed by atoms with van der Waals surface area (Å²) in [7, 11) is 0. The maximum atomic E-state index is 7.32. The summed E-state index contributed by atoms with van der Waals surface area (Å²) < 4.78 is 13.4. The summed E-state index contributed by atoms with van der Waals surface area (Å²) in [5.41, 5.74) is 0. The van der Waals surface area contributed by atoms with Gasteiger partial charge in [0.2, 0.25) is 0 Å². The van der Waals surface area contributed by atoms with Gasteiger partial charge in [0, 0.05) is 0 Å². The minimum Gasteiger partial charge on any atom is -1.00 e. The molecule has 0 saturated carbocycles. The molecule has 0 heterocycles. The molecule has 0 radical (unpaired) electrons. The van der Waals surface area contributed by atoms with Gasteiger partial charge in [-0.25, -0.2) is 0 Å². The van der Waals surface area contributed by atoms with E-state index in [1.807, 2.05) is 0 Å². The fourth-order valence-electron chi connectivity index (χ4n) is 8.13. The normalized spacial score (nSPS) is 11.6. The largest absolute Gasteiger partial charge is 1.00 e. The molecule has 0 atom stereocenters. The molecule has 3 nitrogen and oxygen atoms in total. The average molecular weight is 834 g/mol. The molecule has 0 aromatic rings. The van der Waals surface area contributed by atoms with Crippen molar-refractivity contribution in [3.63, 3.8) is 0 Å². The molecule has 0 aromatic heterocycles. The second kappa shape index (κ2) is 51.0. The average Bonchev–Trinajstić information content (AvgIpc) is 3.18. The van der Waals surface area contributed by atoms with Crippen LogP contribution in [0.3, 0.4) is 0 Å². The van der Waals surface area contributed by atoms with E-state index in [1.165, 1.54) is 283 Å². The molecule has 0 aliphatic heterocycles. The maximum Gasteiger partial charge on any atom is -1.00 e. The van der Waals surface area contributed by atoms with Gasteiger partial charge in [-0.3, -0.25) is 0 Å². The third-order valence-corrected chi connectivity index (χ3v) is 15.7. The first-order valence-electron chi connectivity index (χ1n) is 25.7. The predicted octanol–water partition coefficient (Wildman–Crippen LogP) is 14.7. The first-order valence-corrected chi connectivity index (χ1v) is 27.8. The Morgan fingerprint density at radius 3 is 0.655 bits per heavy atom.